The van der Waals surface area contributed by atoms with E-state index in [0.29, 0.717) is 5.56 Å². The number of carbonyl (C=O) groups excluding carboxylic acids is 1. The van der Waals surface area contributed by atoms with Gasteiger partial charge in [-0.1, -0.05) is 30.7 Å². The van der Waals surface area contributed by atoms with Gasteiger partial charge in [-0.25, -0.2) is 9.97 Å². The molecule has 0 spiro atoms. The highest BCUT2D eigenvalue weighted by Gasteiger charge is 2.43. The summed E-state index contributed by atoms with van der Waals surface area (Å²) in [7, 11) is 1.76. The number of likely N-dealkylation sites (N-methyl/N-ethyl adjacent to an activating group) is 1. The third-order valence-electron chi connectivity index (χ3n) is 6.91. The summed E-state index contributed by atoms with van der Waals surface area (Å²) in [4.78, 5) is 26.6. The molecule has 1 amide bonds. The summed E-state index contributed by atoms with van der Waals surface area (Å²) in [5.74, 6) is 0.287. The van der Waals surface area contributed by atoms with Gasteiger partial charge >= 0.3 is 5.90 Å². The molecular weight excluding hydrogens is 456 g/mol. The Balaban J connectivity index is 1.49. The fourth-order valence-corrected chi connectivity index (χ4v) is 4.14. The molecule has 0 bridgehead atoms. The van der Waals surface area contributed by atoms with E-state index in [4.69, 9.17) is 16.2 Å². The van der Waals surface area contributed by atoms with Crippen molar-refractivity contribution in [1.29, 1.82) is 5.41 Å². The minimum absolute atomic E-state index is 0.0372. The highest BCUT2D eigenvalue weighted by atomic mass is 16.3. The maximum absolute atomic E-state index is 12.5. The number of hydrogen-bond acceptors (Lipinski definition) is 6. The molecule has 2 aromatic heterocycles. The van der Waals surface area contributed by atoms with Gasteiger partial charge in [0.25, 0.3) is 0 Å². The van der Waals surface area contributed by atoms with Crippen LogP contribution in [0.15, 0.2) is 54.0 Å². The lowest BCUT2D eigenvalue weighted by Crippen LogP contribution is -2.44. The molecule has 5 N–H and O–H groups in total. The van der Waals surface area contributed by atoms with Crippen molar-refractivity contribution < 1.29 is 9.90 Å². The van der Waals surface area contributed by atoms with Crippen LogP contribution in [0.4, 0.5) is 5.95 Å². The Morgan fingerprint density at radius 3 is 2.36 bits per heavy atom. The maximum Gasteiger partial charge on any atom is 0.369 e. The first-order valence-electron chi connectivity index (χ1n) is 11.9. The van der Waals surface area contributed by atoms with Crippen LogP contribution in [-0.2, 0) is 16.8 Å². The smallest absolute Gasteiger partial charge is 0.369 e. The van der Waals surface area contributed by atoms with Crippen molar-refractivity contribution in [3.05, 3.63) is 60.2 Å². The van der Waals surface area contributed by atoms with E-state index in [1.54, 1.807) is 30.5 Å². The largest absolute Gasteiger partial charge is 0.578 e. The van der Waals surface area contributed by atoms with Crippen molar-refractivity contribution >= 4 is 23.6 Å². The number of amides is 1. The third-order valence-corrected chi connectivity index (χ3v) is 6.91. The second kappa shape index (κ2) is 9.52. The highest BCUT2D eigenvalue weighted by Crippen LogP contribution is 2.45. The van der Waals surface area contributed by atoms with Crippen LogP contribution >= 0.6 is 0 Å². The number of nitrogens with zero attached hydrogens (tertiary/aromatic N) is 6. The van der Waals surface area contributed by atoms with Gasteiger partial charge in [0.15, 0.2) is 0 Å². The maximum atomic E-state index is 12.5. The summed E-state index contributed by atoms with van der Waals surface area (Å²) in [5.41, 5.74) is 8.08. The van der Waals surface area contributed by atoms with Crippen molar-refractivity contribution in [1.82, 2.24) is 24.6 Å². The molecule has 3 aromatic rings. The van der Waals surface area contributed by atoms with E-state index < -0.39 is 5.41 Å². The van der Waals surface area contributed by atoms with Crippen LogP contribution < -0.4 is 5.73 Å². The number of aromatic nitrogens is 4. The van der Waals surface area contributed by atoms with Crippen LogP contribution in [0.1, 0.15) is 51.2 Å². The summed E-state index contributed by atoms with van der Waals surface area (Å²) in [5, 5.41) is 21.5. The quantitative estimate of drug-likeness (QED) is 0.310. The van der Waals surface area contributed by atoms with E-state index in [-0.39, 0.29) is 35.7 Å². The molecule has 1 aromatic carbocycles. The van der Waals surface area contributed by atoms with E-state index >= 15 is 0 Å². The summed E-state index contributed by atoms with van der Waals surface area (Å²) in [6.07, 6.45) is 9.12. The highest BCUT2D eigenvalue weighted by molar-refractivity contribution is 6.04. The van der Waals surface area contributed by atoms with Crippen LogP contribution in [0, 0.1) is 5.41 Å². The molecule has 0 aliphatic heterocycles. The lowest BCUT2D eigenvalue weighted by molar-refractivity contribution is -0.134. The number of nitrogens with one attached hydrogen (secondary N) is 1. The average Bonchev–Trinajstić information content (AvgIpc) is 3.27. The van der Waals surface area contributed by atoms with E-state index in [1.165, 1.54) is 10.9 Å². The molecule has 0 saturated heterocycles. The molecular formula is C26H33N8O2+. The molecule has 0 radical (unpaired) electrons. The van der Waals surface area contributed by atoms with Crippen molar-refractivity contribution in [2.24, 2.45) is 4.99 Å². The van der Waals surface area contributed by atoms with E-state index in [2.05, 4.69) is 20.1 Å². The van der Waals surface area contributed by atoms with E-state index in [9.17, 15) is 4.79 Å². The Labute approximate surface area is 210 Å². The summed E-state index contributed by atoms with van der Waals surface area (Å²) in [6, 6.07) is 7.98. The van der Waals surface area contributed by atoms with Crippen LogP contribution in [-0.4, -0.2) is 60.0 Å². The first kappa shape index (κ1) is 25.0. The Morgan fingerprint density at radius 1 is 1.17 bits per heavy atom. The van der Waals surface area contributed by atoms with Crippen molar-refractivity contribution in [2.75, 3.05) is 12.8 Å². The Hall–Kier alpha value is -4.08. The van der Waals surface area contributed by atoms with Gasteiger partial charge < -0.3 is 15.7 Å². The first-order chi connectivity index (χ1) is 17.0. The molecule has 1 saturated carbocycles. The van der Waals surface area contributed by atoms with Gasteiger partial charge in [0.1, 0.15) is 17.9 Å². The number of rotatable bonds is 6. The van der Waals surface area contributed by atoms with Gasteiger partial charge in [0.05, 0.1) is 11.6 Å². The Bertz CT molecular complexity index is 1280. The predicted octanol–water partition coefficient (Wildman–Crippen LogP) is 2.75. The number of carbonyl (C=O) groups is 1. The standard InChI is InChI=1S/C26H32N8O2/c1-25(2,3)33(4)21(35)16-34-15-19(14-31-34)22(36)32-23(27)26(10-5-11-26)20-8-6-17(7-9-20)18-12-29-24(28)30-13-18/h6-9,12-15H,5,10-11,16H2,1-4H3,(H2,27,32,36)(H2,28,29,30)/p+1. The molecule has 0 atom stereocenters. The van der Waals surface area contributed by atoms with Crippen LogP contribution in [0.5, 0.6) is 0 Å². The van der Waals surface area contributed by atoms with Crippen molar-refractivity contribution in [2.45, 2.75) is 57.5 Å². The molecule has 10 heteroatoms. The van der Waals surface area contributed by atoms with Gasteiger partial charge in [0.2, 0.25) is 11.9 Å². The minimum Gasteiger partial charge on any atom is -0.578 e. The second-order valence-corrected chi connectivity index (χ2v) is 10.2. The SMILES string of the molecule is CN(C(=O)Cn1cc(C([OH2+])=NC(=N)C2(c3ccc(-c4cnc(N)nc4)cc3)CCC2)cn1)C(C)(C)C. The summed E-state index contributed by atoms with van der Waals surface area (Å²) < 4.78 is 1.51. The molecule has 1 aliphatic rings. The number of amidine groups is 1. The summed E-state index contributed by atoms with van der Waals surface area (Å²) in [6.45, 7) is 5.98. The van der Waals surface area contributed by atoms with E-state index in [0.717, 1.165) is 36.0 Å². The molecule has 10 nitrogen and oxygen atoms in total. The Kier molecular flexibility index (Phi) is 6.62. The number of aliphatic imine (C=N–C) groups is 1. The minimum atomic E-state index is -0.510. The molecule has 1 aliphatic carbocycles. The third kappa shape index (κ3) is 4.98. The molecule has 188 valence electrons. The fourth-order valence-electron chi connectivity index (χ4n) is 4.14. The van der Waals surface area contributed by atoms with Gasteiger partial charge in [-0.3, -0.25) is 14.9 Å². The van der Waals surface area contributed by atoms with Crippen molar-refractivity contribution in [3.63, 3.8) is 0 Å². The second-order valence-electron chi connectivity index (χ2n) is 10.2. The zero-order chi connectivity index (χ0) is 26.1. The number of benzene rings is 1. The zero-order valence-electron chi connectivity index (χ0n) is 21.1. The van der Waals surface area contributed by atoms with Gasteiger partial charge in [-0.2, -0.15) is 5.10 Å². The first-order valence-corrected chi connectivity index (χ1v) is 11.9. The van der Waals surface area contributed by atoms with Gasteiger partial charge in [-0.15, -0.1) is 4.99 Å². The topological polar surface area (TPSA) is 149 Å². The summed E-state index contributed by atoms with van der Waals surface area (Å²) >= 11 is 0. The molecule has 36 heavy (non-hydrogen) atoms. The van der Waals surface area contributed by atoms with Crippen LogP contribution in [0.3, 0.4) is 0 Å². The normalized spacial score (nSPS) is 15.3. The van der Waals surface area contributed by atoms with Gasteiger partial charge in [-0.05, 0) is 44.7 Å². The van der Waals surface area contributed by atoms with Crippen LogP contribution in [0.2, 0.25) is 0 Å². The molecule has 4 rings (SSSR count). The average molecular weight is 490 g/mol. The van der Waals surface area contributed by atoms with Crippen molar-refractivity contribution in [3.8, 4) is 11.1 Å². The monoisotopic (exact) mass is 489 g/mol. The number of nitrogen functional groups attached to an aromatic ring is 1. The van der Waals surface area contributed by atoms with Gasteiger partial charge in [0, 0.05) is 36.7 Å². The predicted molar refractivity (Wildman–Crippen MR) is 140 cm³/mol. The molecule has 1 fully saturated rings. The number of anilines is 1. The lowest BCUT2D eigenvalue weighted by atomic mass is 9.63. The zero-order valence-corrected chi connectivity index (χ0v) is 21.1. The number of nitrogens with two attached hydrogens (primary N) is 1. The number of hydrogen-bond donors (Lipinski definition) is 2. The lowest BCUT2D eigenvalue weighted by Gasteiger charge is -2.41. The fraction of sp³-hybridized carbons (Fsp3) is 0.385. The van der Waals surface area contributed by atoms with Crippen LogP contribution in [0.25, 0.3) is 11.1 Å². The molecule has 2 heterocycles. The Morgan fingerprint density at radius 2 is 1.81 bits per heavy atom. The molecule has 0 unspecified atom stereocenters. The van der Waals surface area contributed by atoms with E-state index in [1.807, 2.05) is 45.0 Å².